The van der Waals surface area contributed by atoms with E-state index in [1.54, 1.807) is 28.8 Å². The Morgan fingerprint density at radius 3 is 2.19 bits per heavy atom. The predicted molar refractivity (Wildman–Crippen MR) is 125 cm³/mol. The van der Waals surface area contributed by atoms with Crippen LogP contribution in [-0.2, 0) is 27.8 Å². The quantitative estimate of drug-likeness (QED) is 0.429. The summed E-state index contributed by atoms with van der Waals surface area (Å²) >= 11 is 5.84. The monoisotopic (exact) mass is 560 g/mol. The summed E-state index contributed by atoms with van der Waals surface area (Å²) in [4.78, 5) is 25.5. The molecule has 0 saturated carbocycles. The van der Waals surface area contributed by atoms with Crippen molar-refractivity contribution in [3.63, 3.8) is 0 Å². The lowest BCUT2D eigenvalue weighted by molar-refractivity contribution is -0.192. The molecule has 4 rings (SSSR count). The number of nitrogens with one attached hydrogen (secondary N) is 1. The molecule has 2 aromatic carbocycles. The number of fused-ring (bicyclic) bond motifs is 1. The van der Waals surface area contributed by atoms with E-state index in [9.17, 15) is 26.4 Å². The van der Waals surface area contributed by atoms with Crippen molar-refractivity contribution in [2.75, 3.05) is 0 Å². The van der Waals surface area contributed by atoms with Crippen molar-refractivity contribution in [1.29, 1.82) is 0 Å². The van der Waals surface area contributed by atoms with E-state index in [1.807, 2.05) is 0 Å². The number of hydrogen-bond donors (Lipinski definition) is 3. The van der Waals surface area contributed by atoms with Gasteiger partial charge in [0.25, 0.3) is 15.9 Å². The minimum absolute atomic E-state index is 0.0000465. The van der Waals surface area contributed by atoms with Gasteiger partial charge in [0, 0.05) is 30.2 Å². The number of carboxylic acids is 1. The Bertz CT molecular complexity index is 1380. The number of aromatic nitrogens is 2. The van der Waals surface area contributed by atoms with Gasteiger partial charge in [0.1, 0.15) is 23.0 Å². The fourth-order valence-corrected chi connectivity index (χ4v) is 4.23. The number of hydrogen-bond acceptors (Lipinski definition) is 7. The highest BCUT2D eigenvalue weighted by Gasteiger charge is 2.38. The van der Waals surface area contributed by atoms with Crippen LogP contribution in [0.4, 0.5) is 13.2 Å². The second-order valence-electron chi connectivity index (χ2n) is 7.76. The Morgan fingerprint density at radius 2 is 1.65 bits per heavy atom. The van der Waals surface area contributed by atoms with Crippen LogP contribution >= 0.6 is 11.6 Å². The number of carbonyl (C=O) groups excluding carboxylic acids is 1. The fraction of sp³-hybridized carbons (Fsp3) is 0.227. The third-order valence-corrected chi connectivity index (χ3v) is 6.51. The van der Waals surface area contributed by atoms with Gasteiger partial charge in [0.05, 0.1) is 4.90 Å². The predicted octanol–water partition coefficient (Wildman–Crippen LogP) is 3.35. The van der Waals surface area contributed by atoms with Crippen LogP contribution in [0.5, 0.6) is 11.5 Å². The molecule has 2 heterocycles. The van der Waals surface area contributed by atoms with E-state index < -0.39 is 28.1 Å². The second kappa shape index (κ2) is 11.2. The maximum Gasteiger partial charge on any atom is 0.490 e. The molecule has 37 heavy (non-hydrogen) atoms. The van der Waals surface area contributed by atoms with Gasteiger partial charge in [0.2, 0.25) is 0 Å². The average Bonchev–Trinajstić information content (AvgIpc) is 3.24. The van der Waals surface area contributed by atoms with Crippen molar-refractivity contribution in [3.8, 4) is 11.5 Å². The first kappa shape index (κ1) is 28.0. The first-order valence-corrected chi connectivity index (χ1v) is 12.3. The zero-order valence-corrected chi connectivity index (χ0v) is 20.3. The largest absolute Gasteiger partial charge is 0.490 e. The zero-order valence-electron chi connectivity index (χ0n) is 18.8. The maximum atomic E-state index is 12.6. The van der Waals surface area contributed by atoms with Crippen LogP contribution in [-0.4, -0.2) is 47.2 Å². The third kappa shape index (κ3) is 7.68. The van der Waals surface area contributed by atoms with Crippen LogP contribution in [0.15, 0.2) is 59.6 Å². The average molecular weight is 561 g/mol. The van der Waals surface area contributed by atoms with E-state index in [0.717, 1.165) is 12.2 Å². The summed E-state index contributed by atoms with van der Waals surface area (Å²) in [5.74, 6) is -1.81. The normalized spacial score (nSPS) is 15.1. The number of alkyl halides is 3. The molecular weight excluding hydrogens is 541 g/mol. The van der Waals surface area contributed by atoms with Crippen LogP contribution in [0.1, 0.15) is 22.7 Å². The van der Waals surface area contributed by atoms with Crippen molar-refractivity contribution >= 4 is 33.5 Å². The summed E-state index contributed by atoms with van der Waals surface area (Å²) in [6.45, 7) is 0.553. The number of nitrogens with two attached hydrogens (primary N) is 1. The number of rotatable bonds is 5. The van der Waals surface area contributed by atoms with Crippen LogP contribution in [0.2, 0.25) is 5.02 Å². The molecule has 0 bridgehead atoms. The molecular formula is C22H20ClF3N4O6S. The van der Waals surface area contributed by atoms with Crippen LogP contribution in [0.25, 0.3) is 0 Å². The van der Waals surface area contributed by atoms with Crippen LogP contribution < -0.4 is 15.2 Å². The molecule has 1 amide bonds. The topological polar surface area (TPSA) is 154 Å². The van der Waals surface area contributed by atoms with Crippen molar-refractivity contribution in [1.82, 2.24) is 14.3 Å². The third-order valence-electron chi connectivity index (χ3n) is 4.91. The number of sulfonamides is 1. The van der Waals surface area contributed by atoms with Crippen molar-refractivity contribution in [2.24, 2.45) is 5.73 Å². The molecule has 0 saturated heterocycles. The van der Waals surface area contributed by atoms with Gasteiger partial charge in [-0.25, -0.2) is 22.9 Å². The van der Waals surface area contributed by atoms with E-state index in [1.165, 1.54) is 30.5 Å². The molecule has 198 valence electrons. The van der Waals surface area contributed by atoms with E-state index in [0.29, 0.717) is 29.5 Å². The lowest BCUT2D eigenvalue weighted by Gasteiger charge is -2.19. The molecule has 0 fully saturated rings. The van der Waals surface area contributed by atoms with Crippen molar-refractivity contribution in [2.45, 2.75) is 36.5 Å². The summed E-state index contributed by atoms with van der Waals surface area (Å²) in [5.41, 5.74) is 5.97. The van der Waals surface area contributed by atoms with Crippen LogP contribution in [0, 0.1) is 0 Å². The Labute approximate surface area is 213 Å². The van der Waals surface area contributed by atoms with E-state index in [2.05, 4.69) is 9.71 Å². The summed E-state index contributed by atoms with van der Waals surface area (Å²) in [5, 5.41) is 7.71. The molecule has 1 unspecified atom stereocenters. The van der Waals surface area contributed by atoms with Gasteiger partial charge in [-0.05, 0) is 55.0 Å². The summed E-state index contributed by atoms with van der Waals surface area (Å²) in [7, 11) is -4.06. The van der Waals surface area contributed by atoms with E-state index >= 15 is 0 Å². The Balaban J connectivity index is 0.000000479. The number of carbonyl (C=O) groups is 2. The molecule has 1 aliphatic heterocycles. The summed E-state index contributed by atoms with van der Waals surface area (Å²) < 4.78 is 66.4. The number of nitrogens with zero attached hydrogens (tertiary/aromatic N) is 2. The van der Waals surface area contributed by atoms with E-state index in [-0.39, 0.29) is 16.6 Å². The smallest absolute Gasteiger partial charge is 0.475 e. The second-order valence-corrected chi connectivity index (χ2v) is 9.88. The molecule has 3 aromatic rings. The van der Waals surface area contributed by atoms with Crippen molar-refractivity contribution < 1.29 is 41.0 Å². The fourth-order valence-electron chi connectivity index (χ4n) is 3.14. The summed E-state index contributed by atoms with van der Waals surface area (Å²) in [6, 6.07) is 12.5. The number of halogens is 4. The van der Waals surface area contributed by atoms with Gasteiger partial charge in [-0.15, -0.1) is 0 Å². The number of aliphatic carboxylic acids is 1. The van der Waals surface area contributed by atoms with Crippen molar-refractivity contribution in [3.05, 3.63) is 71.3 Å². The standard InChI is InChI=1S/C20H19ClN4O4S.C2HF3O2/c21-13-1-4-15(5-2-13)29-16-6-8-17(9-7-16)30(27,28)24-20(26)18-12-25-11-14(22)3-10-19(25)23-18;3-2(4,5)1(6)7/h1-2,4-9,12,14H,3,10-11,22H2,(H,24,26);(H,6,7). The molecule has 10 nitrogen and oxygen atoms in total. The Morgan fingerprint density at radius 1 is 1.11 bits per heavy atom. The summed E-state index contributed by atoms with van der Waals surface area (Å²) in [6.07, 6.45) is -2.13. The van der Waals surface area contributed by atoms with E-state index in [4.69, 9.17) is 32.0 Å². The Hall–Kier alpha value is -3.62. The van der Waals surface area contributed by atoms with Gasteiger partial charge in [0.15, 0.2) is 0 Å². The number of amides is 1. The molecule has 15 heteroatoms. The number of carboxylic acid groups (broad SMARTS) is 1. The minimum atomic E-state index is -5.08. The molecule has 0 spiro atoms. The molecule has 4 N–H and O–H groups in total. The van der Waals surface area contributed by atoms with Gasteiger partial charge >= 0.3 is 12.1 Å². The highest BCUT2D eigenvalue weighted by molar-refractivity contribution is 7.90. The molecule has 1 aromatic heterocycles. The van der Waals surface area contributed by atoms with Gasteiger partial charge in [-0.3, -0.25) is 4.79 Å². The SMILES string of the molecule is NC1CCc2nc(C(=O)NS(=O)(=O)c3ccc(Oc4ccc(Cl)cc4)cc3)cn2C1.O=C(O)C(F)(F)F. The first-order valence-electron chi connectivity index (χ1n) is 10.5. The van der Waals surface area contributed by atoms with Gasteiger partial charge in [-0.1, -0.05) is 11.6 Å². The molecule has 0 aliphatic carbocycles. The molecule has 1 atom stereocenters. The first-order chi connectivity index (χ1) is 17.2. The zero-order chi connectivity index (χ0) is 27.4. The number of aryl methyl sites for hydroxylation is 1. The number of imidazole rings is 1. The number of ether oxygens (including phenoxy) is 1. The molecule has 0 radical (unpaired) electrons. The highest BCUT2D eigenvalue weighted by Crippen LogP contribution is 2.24. The number of benzene rings is 2. The minimum Gasteiger partial charge on any atom is -0.475 e. The lowest BCUT2D eigenvalue weighted by atomic mass is 10.1. The Kier molecular flexibility index (Phi) is 8.46. The van der Waals surface area contributed by atoms with Gasteiger partial charge in [-0.2, -0.15) is 13.2 Å². The maximum absolute atomic E-state index is 12.6. The van der Waals surface area contributed by atoms with Gasteiger partial charge < -0.3 is 20.1 Å². The highest BCUT2D eigenvalue weighted by atomic mass is 35.5. The van der Waals surface area contributed by atoms with Crippen LogP contribution in [0.3, 0.4) is 0 Å². The molecule has 1 aliphatic rings. The lowest BCUT2D eigenvalue weighted by Crippen LogP contribution is -2.31.